The molecule has 0 bridgehead atoms. The van der Waals surface area contributed by atoms with Crippen LogP contribution in [0.1, 0.15) is 30.4 Å². The molecule has 0 unspecified atom stereocenters. The van der Waals surface area contributed by atoms with Gasteiger partial charge in [0.2, 0.25) is 5.91 Å². The van der Waals surface area contributed by atoms with Crippen LogP contribution in [0.15, 0.2) is 48.5 Å². The first-order valence-corrected chi connectivity index (χ1v) is 10.4. The smallest absolute Gasteiger partial charge is 0.220 e. The summed E-state index contributed by atoms with van der Waals surface area (Å²) in [7, 11) is 0. The molecule has 0 atom stereocenters. The van der Waals surface area contributed by atoms with Gasteiger partial charge >= 0.3 is 0 Å². The molecular weight excluding hydrogens is 372 g/mol. The maximum Gasteiger partial charge on any atom is 0.220 e. The molecule has 1 saturated heterocycles. The number of benzene rings is 2. The van der Waals surface area contributed by atoms with E-state index in [1.807, 2.05) is 24.3 Å². The van der Waals surface area contributed by atoms with E-state index in [0.717, 1.165) is 49.7 Å². The highest BCUT2D eigenvalue weighted by atomic mass is 35.5. The van der Waals surface area contributed by atoms with Crippen LogP contribution in [0, 0.1) is 6.92 Å². The average Bonchev–Trinajstić information content (AvgIpc) is 2.70. The second-order valence-corrected chi connectivity index (χ2v) is 7.91. The van der Waals surface area contributed by atoms with Crippen molar-refractivity contribution in [2.45, 2.75) is 38.6 Å². The minimum atomic E-state index is 0.157. The van der Waals surface area contributed by atoms with Gasteiger partial charge in [0.05, 0.1) is 0 Å². The van der Waals surface area contributed by atoms with Gasteiger partial charge in [-0.3, -0.25) is 9.69 Å². The van der Waals surface area contributed by atoms with Crippen molar-refractivity contribution in [1.29, 1.82) is 0 Å². The lowest BCUT2D eigenvalue weighted by atomic mass is 10.0. The van der Waals surface area contributed by atoms with Crippen molar-refractivity contribution in [3.8, 4) is 5.75 Å². The Morgan fingerprint density at radius 3 is 2.46 bits per heavy atom. The summed E-state index contributed by atoms with van der Waals surface area (Å²) >= 11 is 5.88. The molecule has 0 aliphatic carbocycles. The molecule has 0 saturated carbocycles. The summed E-state index contributed by atoms with van der Waals surface area (Å²) in [6, 6.07) is 16.1. The van der Waals surface area contributed by atoms with Gasteiger partial charge in [-0.1, -0.05) is 41.4 Å². The number of halogens is 1. The van der Waals surface area contributed by atoms with E-state index in [1.54, 1.807) is 0 Å². The Kier molecular flexibility index (Phi) is 7.75. The van der Waals surface area contributed by atoms with Gasteiger partial charge in [0.1, 0.15) is 12.4 Å². The number of carbonyl (C=O) groups is 1. The van der Waals surface area contributed by atoms with Crippen molar-refractivity contribution in [2.75, 3.05) is 26.2 Å². The largest absolute Gasteiger partial charge is 0.492 e. The number of rotatable bonds is 8. The Balaban J connectivity index is 1.29. The van der Waals surface area contributed by atoms with Crippen LogP contribution >= 0.6 is 11.6 Å². The van der Waals surface area contributed by atoms with Crippen molar-refractivity contribution in [1.82, 2.24) is 10.2 Å². The number of aryl methyl sites for hydroxylation is 2. The molecule has 1 fully saturated rings. The van der Waals surface area contributed by atoms with Gasteiger partial charge in [-0.05, 0) is 56.0 Å². The third kappa shape index (κ3) is 6.84. The maximum absolute atomic E-state index is 12.2. The number of likely N-dealkylation sites (tertiary alicyclic amines) is 1. The lowest BCUT2D eigenvalue weighted by Crippen LogP contribution is -2.45. The summed E-state index contributed by atoms with van der Waals surface area (Å²) in [6.45, 7) is 5.62. The minimum Gasteiger partial charge on any atom is -0.492 e. The second kappa shape index (κ2) is 10.5. The predicted molar refractivity (Wildman–Crippen MR) is 114 cm³/mol. The molecule has 1 aliphatic rings. The third-order valence-electron chi connectivity index (χ3n) is 5.20. The predicted octanol–water partition coefficient (Wildman–Crippen LogP) is 4.24. The topological polar surface area (TPSA) is 41.6 Å². The Morgan fingerprint density at radius 1 is 1.11 bits per heavy atom. The summed E-state index contributed by atoms with van der Waals surface area (Å²) < 4.78 is 5.77. The van der Waals surface area contributed by atoms with Crippen molar-refractivity contribution in [2.24, 2.45) is 0 Å². The Bertz CT molecular complexity index is 738. The zero-order valence-corrected chi connectivity index (χ0v) is 17.3. The number of amides is 1. The van der Waals surface area contributed by atoms with Crippen LogP contribution in [0.5, 0.6) is 5.75 Å². The molecule has 4 nitrogen and oxygen atoms in total. The standard InChI is InChI=1S/C23H29ClN2O2/c1-18-2-4-19(5-3-18)6-11-23(27)25-21-12-14-26(15-13-21)16-17-28-22-9-7-20(24)8-10-22/h2-5,7-10,21H,6,11-17H2,1H3,(H,25,27). The molecule has 1 N–H and O–H groups in total. The highest BCUT2D eigenvalue weighted by Crippen LogP contribution is 2.16. The van der Waals surface area contributed by atoms with Gasteiger partial charge in [-0.15, -0.1) is 0 Å². The van der Waals surface area contributed by atoms with Crippen LogP contribution in [0.4, 0.5) is 0 Å². The third-order valence-corrected chi connectivity index (χ3v) is 5.46. The number of nitrogens with zero attached hydrogens (tertiary/aromatic N) is 1. The first-order chi connectivity index (χ1) is 13.6. The van der Waals surface area contributed by atoms with E-state index in [1.165, 1.54) is 11.1 Å². The highest BCUT2D eigenvalue weighted by molar-refractivity contribution is 6.30. The van der Waals surface area contributed by atoms with Crippen LogP contribution in [-0.4, -0.2) is 43.1 Å². The molecular formula is C23H29ClN2O2. The lowest BCUT2D eigenvalue weighted by Gasteiger charge is -2.32. The summed E-state index contributed by atoms with van der Waals surface area (Å²) in [6.07, 6.45) is 3.35. The van der Waals surface area contributed by atoms with Gasteiger partial charge in [0.25, 0.3) is 0 Å². The molecule has 1 heterocycles. The first-order valence-electron chi connectivity index (χ1n) is 10.0. The average molecular weight is 401 g/mol. The zero-order chi connectivity index (χ0) is 19.8. The Hall–Kier alpha value is -2.04. The molecule has 0 spiro atoms. The number of carbonyl (C=O) groups excluding carboxylic acids is 1. The first kappa shape index (κ1) is 20.7. The van der Waals surface area contributed by atoms with E-state index in [0.29, 0.717) is 19.1 Å². The fourth-order valence-electron chi connectivity index (χ4n) is 3.44. The van der Waals surface area contributed by atoms with E-state index in [-0.39, 0.29) is 5.91 Å². The fourth-order valence-corrected chi connectivity index (χ4v) is 3.56. The Labute approximate surface area is 172 Å². The van der Waals surface area contributed by atoms with E-state index in [2.05, 4.69) is 41.4 Å². The minimum absolute atomic E-state index is 0.157. The molecule has 2 aromatic carbocycles. The number of nitrogens with one attached hydrogen (secondary N) is 1. The van der Waals surface area contributed by atoms with Crippen LogP contribution in [0.25, 0.3) is 0 Å². The quantitative estimate of drug-likeness (QED) is 0.720. The highest BCUT2D eigenvalue weighted by Gasteiger charge is 2.20. The molecule has 2 aromatic rings. The lowest BCUT2D eigenvalue weighted by molar-refractivity contribution is -0.122. The molecule has 28 heavy (non-hydrogen) atoms. The zero-order valence-electron chi connectivity index (χ0n) is 16.5. The van der Waals surface area contributed by atoms with E-state index < -0.39 is 0 Å². The van der Waals surface area contributed by atoms with Crippen molar-refractivity contribution < 1.29 is 9.53 Å². The van der Waals surface area contributed by atoms with Crippen LogP contribution in [0.3, 0.4) is 0 Å². The molecule has 0 radical (unpaired) electrons. The number of hydrogen-bond donors (Lipinski definition) is 1. The summed E-state index contributed by atoms with van der Waals surface area (Å²) in [5, 5.41) is 3.92. The number of hydrogen-bond acceptors (Lipinski definition) is 3. The van der Waals surface area contributed by atoms with Crippen molar-refractivity contribution >= 4 is 17.5 Å². The monoisotopic (exact) mass is 400 g/mol. The van der Waals surface area contributed by atoms with E-state index >= 15 is 0 Å². The molecule has 3 rings (SSSR count). The van der Waals surface area contributed by atoms with Gasteiger partial charge in [0, 0.05) is 37.1 Å². The van der Waals surface area contributed by atoms with E-state index in [9.17, 15) is 4.79 Å². The molecule has 5 heteroatoms. The van der Waals surface area contributed by atoms with Crippen molar-refractivity contribution in [3.05, 3.63) is 64.7 Å². The SMILES string of the molecule is Cc1ccc(CCC(=O)NC2CCN(CCOc3ccc(Cl)cc3)CC2)cc1. The van der Waals surface area contributed by atoms with Gasteiger partial charge < -0.3 is 10.1 Å². The van der Waals surface area contributed by atoms with E-state index in [4.69, 9.17) is 16.3 Å². The van der Waals surface area contributed by atoms with Gasteiger partial charge in [-0.25, -0.2) is 0 Å². The summed E-state index contributed by atoms with van der Waals surface area (Å²) in [4.78, 5) is 14.6. The fraction of sp³-hybridized carbons (Fsp3) is 0.435. The molecule has 1 aliphatic heterocycles. The number of piperidine rings is 1. The van der Waals surface area contributed by atoms with Gasteiger partial charge in [0.15, 0.2) is 0 Å². The normalized spacial score (nSPS) is 15.4. The second-order valence-electron chi connectivity index (χ2n) is 7.47. The van der Waals surface area contributed by atoms with Crippen LogP contribution in [0.2, 0.25) is 5.02 Å². The maximum atomic E-state index is 12.2. The van der Waals surface area contributed by atoms with Crippen LogP contribution in [-0.2, 0) is 11.2 Å². The molecule has 0 aromatic heterocycles. The number of ether oxygens (including phenoxy) is 1. The molecule has 1 amide bonds. The van der Waals surface area contributed by atoms with Crippen molar-refractivity contribution in [3.63, 3.8) is 0 Å². The van der Waals surface area contributed by atoms with Gasteiger partial charge in [-0.2, -0.15) is 0 Å². The Morgan fingerprint density at radius 2 is 1.79 bits per heavy atom. The molecule has 150 valence electrons. The van der Waals surface area contributed by atoms with Crippen LogP contribution < -0.4 is 10.1 Å². The summed E-state index contributed by atoms with van der Waals surface area (Å²) in [5.41, 5.74) is 2.47. The summed E-state index contributed by atoms with van der Waals surface area (Å²) in [5.74, 6) is 1.00.